The molecule has 2 aromatic rings. The maximum Gasteiger partial charge on any atom is 0.311 e. The van der Waals surface area contributed by atoms with E-state index in [0.29, 0.717) is 0 Å². The highest BCUT2D eigenvalue weighted by atomic mass is 19.1. The largest absolute Gasteiger partial charge is 0.447 e. The Morgan fingerprint density at radius 1 is 1.25 bits per heavy atom. The number of para-hydroxylation sites is 1. The van der Waals surface area contributed by atoms with Gasteiger partial charge in [-0.2, -0.15) is 0 Å². The first-order valence-corrected chi connectivity index (χ1v) is 5.53. The summed E-state index contributed by atoms with van der Waals surface area (Å²) in [4.78, 5) is 10.1. The molecule has 0 heterocycles. The second-order valence-corrected chi connectivity index (χ2v) is 3.86. The van der Waals surface area contributed by atoms with E-state index >= 15 is 0 Å². The van der Waals surface area contributed by atoms with Gasteiger partial charge in [0.05, 0.1) is 11.5 Å². The third-order valence-electron chi connectivity index (χ3n) is 2.55. The van der Waals surface area contributed by atoms with Crippen LogP contribution in [0.3, 0.4) is 0 Å². The number of hydrogen-bond donors (Lipinski definition) is 1. The van der Waals surface area contributed by atoms with Crippen LogP contribution in [0.15, 0.2) is 36.4 Å². The van der Waals surface area contributed by atoms with Gasteiger partial charge in [-0.15, -0.1) is 0 Å². The van der Waals surface area contributed by atoms with E-state index < -0.39 is 34.6 Å². The minimum Gasteiger partial charge on any atom is -0.447 e. The topological polar surface area (TPSA) is 72.6 Å². The smallest absolute Gasteiger partial charge is 0.311 e. The molecular formula is C13H9F2NO4. The zero-order valence-corrected chi connectivity index (χ0v) is 10.0. The molecule has 7 heteroatoms. The monoisotopic (exact) mass is 281 g/mol. The Morgan fingerprint density at radius 2 is 2.00 bits per heavy atom. The minimum absolute atomic E-state index is 0.101. The summed E-state index contributed by atoms with van der Waals surface area (Å²) in [6.45, 7) is -0.518. The van der Waals surface area contributed by atoms with E-state index in [4.69, 9.17) is 9.84 Å². The summed E-state index contributed by atoms with van der Waals surface area (Å²) in [5.74, 6) is -2.37. The molecule has 2 aromatic carbocycles. The van der Waals surface area contributed by atoms with Crippen molar-refractivity contribution in [3.63, 3.8) is 0 Å². The number of benzene rings is 2. The van der Waals surface area contributed by atoms with Crippen molar-refractivity contribution in [3.8, 4) is 11.5 Å². The molecule has 20 heavy (non-hydrogen) atoms. The lowest BCUT2D eigenvalue weighted by Crippen LogP contribution is -1.98. The van der Waals surface area contributed by atoms with E-state index in [1.807, 2.05) is 0 Å². The molecule has 0 aliphatic carbocycles. The maximum absolute atomic E-state index is 13.7. The summed E-state index contributed by atoms with van der Waals surface area (Å²) in [5, 5.41) is 19.9. The summed E-state index contributed by atoms with van der Waals surface area (Å²) >= 11 is 0. The fourth-order valence-corrected chi connectivity index (χ4v) is 1.62. The van der Waals surface area contributed by atoms with Crippen LogP contribution in [0.1, 0.15) is 5.56 Å². The molecule has 0 unspecified atom stereocenters. The predicted octanol–water partition coefficient (Wildman–Crippen LogP) is 3.16. The number of aliphatic hydroxyl groups is 1. The van der Waals surface area contributed by atoms with E-state index in [1.54, 1.807) is 0 Å². The molecule has 104 valence electrons. The Hall–Kier alpha value is -2.54. The van der Waals surface area contributed by atoms with Crippen LogP contribution in [0.5, 0.6) is 11.5 Å². The fourth-order valence-electron chi connectivity index (χ4n) is 1.62. The van der Waals surface area contributed by atoms with Crippen molar-refractivity contribution >= 4 is 5.69 Å². The van der Waals surface area contributed by atoms with E-state index in [0.717, 1.165) is 24.3 Å². The molecule has 5 nitrogen and oxygen atoms in total. The molecule has 0 aliphatic rings. The zero-order valence-electron chi connectivity index (χ0n) is 10.0. The third kappa shape index (κ3) is 2.72. The Labute approximate surface area is 112 Å². The zero-order chi connectivity index (χ0) is 14.7. The molecule has 0 amide bonds. The van der Waals surface area contributed by atoms with Crippen molar-refractivity contribution in [2.45, 2.75) is 6.61 Å². The van der Waals surface area contributed by atoms with Gasteiger partial charge in [-0.1, -0.05) is 12.1 Å². The molecule has 1 N–H and O–H groups in total. The second kappa shape index (κ2) is 5.62. The number of hydrogen-bond acceptors (Lipinski definition) is 4. The van der Waals surface area contributed by atoms with Gasteiger partial charge >= 0.3 is 5.69 Å². The van der Waals surface area contributed by atoms with Crippen LogP contribution in [-0.2, 0) is 6.61 Å². The number of rotatable bonds is 4. The summed E-state index contributed by atoms with van der Waals surface area (Å²) < 4.78 is 31.9. The number of aliphatic hydroxyl groups excluding tert-OH is 1. The van der Waals surface area contributed by atoms with Gasteiger partial charge in [-0.3, -0.25) is 10.1 Å². The lowest BCUT2D eigenvalue weighted by molar-refractivity contribution is -0.385. The van der Waals surface area contributed by atoms with Gasteiger partial charge in [0, 0.05) is 17.7 Å². The number of nitro benzene ring substituents is 1. The molecule has 2 rings (SSSR count). The minimum atomic E-state index is -0.810. The second-order valence-electron chi connectivity index (χ2n) is 3.86. The summed E-state index contributed by atoms with van der Waals surface area (Å²) in [6, 6.07) is 6.42. The Balaban J connectivity index is 2.50. The van der Waals surface area contributed by atoms with Gasteiger partial charge in [-0.25, -0.2) is 8.78 Å². The number of nitro groups is 1. The van der Waals surface area contributed by atoms with Crippen LogP contribution in [0.4, 0.5) is 14.5 Å². The number of ether oxygens (including phenoxy) is 1. The molecule has 0 atom stereocenters. The average molecular weight is 281 g/mol. The standard InChI is InChI=1S/C13H9F2NO4/c14-9-4-5-11(16(18)19)12(6-9)20-13-8(7-17)2-1-3-10(13)15/h1-6,17H,7H2. The van der Waals surface area contributed by atoms with Gasteiger partial charge in [-0.05, 0) is 12.1 Å². The number of halogens is 2. The van der Waals surface area contributed by atoms with Crippen molar-refractivity contribution in [2.24, 2.45) is 0 Å². The summed E-state index contributed by atoms with van der Waals surface area (Å²) in [5.41, 5.74) is -0.401. The van der Waals surface area contributed by atoms with Crippen LogP contribution in [-0.4, -0.2) is 10.0 Å². The molecule has 0 aliphatic heterocycles. The third-order valence-corrected chi connectivity index (χ3v) is 2.55. The first-order chi connectivity index (χ1) is 9.52. The SMILES string of the molecule is O=[N+]([O-])c1ccc(F)cc1Oc1c(F)cccc1CO. The highest BCUT2D eigenvalue weighted by Gasteiger charge is 2.19. The van der Waals surface area contributed by atoms with E-state index in [1.165, 1.54) is 12.1 Å². The molecule has 0 saturated carbocycles. The normalized spacial score (nSPS) is 10.3. The van der Waals surface area contributed by atoms with Crippen molar-refractivity contribution in [1.82, 2.24) is 0 Å². The lowest BCUT2D eigenvalue weighted by Gasteiger charge is -2.10. The van der Waals surface area contributed by atoms with Crippen molar-refractivity contribution in [1.29, 1.82) is 0 Å². The van der Waals surface area contributed by atoms with Crippen LogP contribution < -0.4 is 4.74 Å². The Morgan fingerprint density at radius 3 is 2.65 bits per heavy atom. The van der Waals surface area contributed by atoms with Crippen molar-refractivity contribution < 1.29 is 23.5 Å². The van der Waals surface area contributed by atoms with Crippen LogP contribution >= 0.6 is 0 Å². The molecular weight excluding hydrogens is 272 g/mol. The highest BCUT2D eigenvalue weighted by Crippen LogP contribution is 2.34. The van der Waals surface area contributed by atoms with E-state index in [-0.39, 0.29) is 11.3 Å². The molecule has 0 saturated heterocycles. The van der Waals surface area contributed by atoms with Crippen molar-refractivity contribution in [3.05, 3.63) is 63.7 Å². The summed E-state index contributed by atoms with van der Waals surface area (Å²) in [6.07, 6.45) is 0. The predicted molar refractivity (Wildman–Crippen MR) is 65.5 cm³/mol. The molecule has 0 aromatic heterocycles. The Bertz CT molecular complexity index is 661. The molecule has 0 radical (unpaired) electrons. The fraction of sp³-hybridized carbons (Fsp3) is 0.0769. The van der Waals surface area contributed by atoms with Gasteiger partial charge in [0.15, 0.2) is 11.6 Å². The average Bonchev–Trinajstić information content (AvgIpc) is 2.40. The quantitative estimate of drug-likeness (QED) is 0.690. The Kier molecular flexibility index (Phi) is 3.90. The summed E-state index contributed by atoms with van der Waals surface area (Å²) in [7, 11) is 0. The van der Waals surface area contributed by atoms with Crippen molar-refractivity contribution in [2.75, 3.05) is 0 Å². The first-order valence-electron chi connectivity index (χ1n) is 5.53. The van der Waals surface area contributed by atoms with Gasteiger partial charge in [0.2, 0.25) is 5.75 Å². The molecule has 0 fully saturated rings. The molecule has 0 spiro atoms. The highest BCUT2D eigenvalue weighted by molar-refractivity contribution is 5.49. The van der Waals surface area contributed by atoms with E-state index in [9.17, 15) is 18.9 Å². The van der Waals surface area contributed by atoms with Gasteiger partial charge in [0.1, 0.15) is 5.82 Å². The maximum atomic E-state index is 13.7. The first kappa shape index (κ1) is 13.9. The van der Waals surface area contributed by atoms with Gasteiger partial charge < -0.3 is 9.84 Å². The molecule has 0 bridgehead atoms. The van der Waals surface area contributed by atoms with E-state index in [2.05, 4.69) is 0 Å². The van der Waals surface area contributed by atoms with Crippen LogP contribution in [0, 0.1) is 21.7 Å². The van der Waals surface area contributed by atoms with Gasteiger partial charge in [0.25, 0.3) is 0 Å². The lowest BCUT2D eigenvalue weighted by atomic mass is 10.2. The van der Waals surface area contributed by atoms with Crippen LogP contribution in [0.25, 0.3) is 0 Å². The van der Waals surface area contributed by atoms with Crippen LogP contribution in [0.2, 0.25) is 0 Å². The number of nitrogens with zero attached hydrogens (tertiary/aromatic N) is 1.